The van der Waals surface area contributed by atoms with E-state index >= 15 is 0 Å². The Morgan fingerprint density at radius 3 is 2.35 bits per heavy atom. The normalized spacial score (nSPS) is 18.8. The molecule has 1 rings (SSSR count). The van der Waals surface area contributed by atoms with E-state index in [0.29, 0.717) is 0 Å². The maximum Gasteiger partial charge on any atom is 0.326 e. The van der Waals surface area contributed by atoms with Gasteiger partial charge in [-0.25, -0.2) is 9.59 Å². The molecule has 1 saturated heterocycles. The van der Waals surface area contributed by atoms with Crippen molar-refractivity contribution in [3.63, 3.8) is 0 Å². The smallest absolute Gasteiger partial charge is 0.326 e. The lowest BCUT2D eigenvalue weighted by atomic mass is 10.0. The predicted octanol–water partition coefficient (Wildman–Crippen LogP) is 1.27. The number of carbonyl (C=O) groups excluding carboxylic acids is 1. The molecular formula is C14H27N3O3. The van der Waals surface area contributed by atoms with Crippen molar-refractivity contribution in [2.45, 2.75) is 52.1 Å². The lowest BCUT2D eigenvalue weighted by molar-refractivity contribution is -0.140. The van der Waals surface area contributed by atoms with E-state index in [4.69, 9.17) is 5.11 Å². The van der Waals surface area contributed by atoms with Crippen LogP contribution in [-0.4, -0.2) is 53.7 Å². The molecule has 1 aliphatic heterocycles. The second-order valence-corrected chi connectivity index (χ2v) is 5.79. The molecule has 2 amide bonds. The quantitative estimate of drug-likeness (QED) is 0.686. The van der Waals surface area contributed by atoms with Crippen molar-refractivity contribution >= 4 is 12.0 Å². The van der Waals surface area contributed by atoms with Crippen molar-refractivity contribution in [1.82, 2.24) is 15.5 Å². The summed E-state index contributed by atoms with van der Waals surface area (Å²) in [6.45, 7) is 8.81. The first-order chi connectivity index (χ1) is 9.43. The Balaban J connectivity index is 2.34. The lowest BCUT2D eigenvalue weighted by Gasteiger charge is -2.32. The molecule has 0 saturated carbocycles. The van der Waals surface area contributed by atoms with Gasteiger partial charge in [-0.2, -0.15) is 0 Å². The van der Waals surface area contributed by atoms with Crippen LogP contribution in [0.2, 0.25) is 0 Å². The molecule has 0 aromatic carbocycles. The van der Waals surface area contributed by atoms with E-state index < -0.39 is 12.0 Å². The van der Waals surface area contributed by atoms with E-state index in [1.165, 1.54) is 0 Å². The fourth-order valence-electron chi connectivity index (χ4n) is 2.50. The first-order valence-electron chi connectivity index (χ1n) is 7.46. The monoisotopic (exact) mass is 285 g/mol. The van der Waals surface area contributed by atoms with Gasteiger partial charge in [-0.3, -0.25) is 0 Å². The van der Waals surface area contributed by atoms with Crippen LogP contribution in [-0.2, 0) is 4.79 Å². The van der Waals surface area contributed by atoms with Crippen molar-refractivity contribution in [3.8, 4) is 0 Å². The molecule has 0 aromatic rings. The Labute approximate surface area is 120 Å². The Hall–Kier alpha value is -1.30. The minimum absolute atomic E-state index is 0.135. The standard InChI is InChI=1S/C14H27N3O3/c1-4-7-17-8-5-11(6-9-17)15-14(20)16-12(10(2)3)13(18)19/h10-12H,4-9H2,1-3H3,(H,18,19)(H2,15,16,20)/t12-/m0/s1. The highest BCUT2D eigenvalue weighted by Crippen LogP contribution is 2.10. The fourth-order valence-corrected chi connectivity index (χ4v) is 2.50. The second-order valence-electron chi connectivity index (χ2n) is 5.79. The first kappa shape index (κ1) is 16.8. The average Bonchev–Trinajstić information content (AvgIpc) is 2.38. The molecule has 0 aromatic heterocycles. The number of likely N-dealkylation sites (tertiary alicyclic amines) is 1. The van der Waals surface area contributed by atoms with Crippen LogP contribution in [0.25, 0.3) is 0 Å². The van der Waals surface area contributed by atoms with Crippen molar-refractivity contribution in [2.24, 2.45) is 5.92 Å². The molecule has 6 heteroatoms. The van der Waals surface area contributed by atoms with Crippen LogP contribution in [0.15, 0.2) is 0 Å². The van der Waals surface area contributed by atoms with Gasteiger partial charge in [-0.15, -0.1) is 0 Å². The van der Waals surface area contributed by atoms with Crippen LogP contribution in [0.4, 0.5) is 4.79 Å². The lowest BCUT2D eigenvalue weighted by Crippen LogP contribution is -2.53. The van der Waals surface area contributed by atoms with Gasteiger partial charge in [0.2, 0.25) is 0 Å². The Bertz CT molecular complexity index is 326. The number of rotatable bonds is 6. The van der Waals surface area contributed by atoms with Crippen molar-refractivity contribution in [2.75, 3.05) is 19.6 Å². The van der Waals surface area contributed by atoms with E-state index in [1.807, 2.05) is 0 Å². The number of nitrogens with zero attached hydrogens (tertiary/aromatic N) is 1. The highest BCUT2D eigenvalue weighted by Gasteiger charge is 2.25. The Kier molecular flexibility index (Phi) is 6.78. The summed E-state index contributed by atoms with van der Waals surface area (Å²) >= 11 is 0. The van der Waals surface area contributed by atoms with Crippen molar-refractivity contribution in [1.29, 1.82) is 0 Å². The zero-order valence-electron chi connectivity index (χ0n) is 12.7. The van der Waals surface area contributed by atoms with Gasteiger partial charge >= 0.3 is 12.0 Å². The first-order valence-corrected chi connectivity index (χ1v) is 7.46. The predicted molar refractivity (Wildman–Crippen MR) is 77.7 cm³/mol. The third-order valence-electron chi connectivity index (χ3n) is 3.68. The van der Waals surface area contributed by atoms with E-state index in [2.05, 4.69) is 22.5 Å². The largest absolute Gasteiger partial charge is 0.480 e. The molecule has 1 atom stereocenters. The summed E-state index contributed by atoms with van der Waals surface area (Å²) in [7, 11) is 0. The number of carboxylic acids is 1. The van der Waals surface area contributed by atoms with Crippen LogP contribution >= 0.6 is 0 Å². The molecule has 0 unspecified atom stereocenters. The second kappa shape index (κ2) is 8.09. The number of aliphatic carboxylic acids is 1. The molecule has 0 aliphatic carbocycles. The third kappa shape index (κ3) is 5.36. The molecule has 0 radical (unpaired) electrons. The average molecular weight is 285 g/mol. The van der Waals surface area contributed by atoms with Crippen LogP contribution in [0.3, 0.4) is 0 Å². The number of carbonyl (C=O) groups is 2. The molecule has 20 heavy (non-hydrogen) atoms. The maximum absolute atomic E-state index is 11.8. The molecule has 0 spiro atoms. The molecule has 3 N–H and O–H groups in total. The molecule has 1 aliphatic rings. The number of piperidine rings is 1. The SMILES string of the molecule is CCCN1CCC(NC(=O)N[C@H](C(=O)O)C(C)C)CC1. The van der Waals surface area contributed by atoms with Crippen LogP contribution < -0.4 is 10.6 Å². The zero-order valence-corrected chi connectivity index (χ0v) is 12.7. The van der Waals surface area contributed by atoms with Gasteiger partial charge in [0.05, 0.1) is 0 Å². The summed E-state index contributed by atoms with van der Waals surface area (Å²) in [5.74, 6) is -1.13. The number of urea groups is 1. The van der Waals surface area contributed by atoms with Gasteiger partial charge in [-0.05, 0) is 31.7 Å². The molecule has 1 fully saturated rings. The van der Waals surface area contributed by atoms with Gasteiger partial charge < -0.3 is 20.6 Å². The van der Waals surface area contributed by atoms with E-state index in [1.54, 1.807) is 13.8 Å². The van der Waals surface area contributed by atoms with E-state index in [-0.39, 0.29) is 18.0 Å². The summed E-state index contributed by atoms with van der Waals surface area (Å²) in [6.07, 6.45) is 2.99. The third-order valence-corrected chi connectivity index (χ3v) is 3.68. The van der Waals surface area contributed by atoms with Gasteiger partial charge in [0, 0.05) is 19.1 Å². The maximum atomic E-state index is 11.8. The zero-order chi connectivity index (χ0) is 15.1. The van der Waals surface area contributed by atoms with Gasteiger partial charge in [0.1, 0.15) is 6.04 Å². The molecular weight excluding hydrogens is 258 g/mol. The minimum Gasteiger partial charge on any atom is -0.480 e. The number of hydrogen-bond acceptors (Lipinski definition) is 3. The summed E-state index contributed by atoms with van der Waals surface area (Å²) in [4.78, 5) is 25.3. The number of nitrogens with one attached hydrogen (secondary N) is 2. The van der Waals surface area contributed by atoms with E-state index in [9.17, 15) is 9.59 Å². The molecule has 6 nitrogen and oxygen atoms in total. The number of hydrogen-bond donors (Lipinski definition) is 3. The number of carboxylic acid groups (broad SMARTS) is 1. The summed E-state index contributed by atoms with van der Waals surface area (Å²) in [5, 5.41) is 14.5. The van der Waals surface area contributed by atoms with Crippen LogP contribution in [0.5, 0.6) is 0 Å². The number of amides is 2. The molecule has 1 heterocycles. The Morgan fingerprint density at radius 2 is 1.90 bits per heavy atom. The van der Waals surface area contributed by atoms with Gasteiger partial charge in [-0.1, -0.05) is 20.8 Å². The highest BCUT2D eigenvalue weighted by atomic mass is 16.4. The van der Waals surface area contributed by atoms with Crippen LogP contribution in [0.1, 0.15) is 40.0 Å². The molecule has 0 bridgehead atoms. The topological polar surface area (TPSA) is 81.7 Å². The van der Waals surface area contributed by atoms with E-state index in [0.717, 1.165) is 38.9 Å². The summed E-state index contributed by atoms with van der Waals surface area (Å²) < 4.78 is 0. The van der Waals surface area contributed by atoms with Crippen molar-refractivity contribution in [3.05, 3.63) is 0 Å². The molecule has 116 valence electrons. The summed E-state index contributed by atoms with van der Waals surface area (Å²) in [6, 6.07) is -1.07. The summed E-state index contributed by atoms with van der Waals surface area (Å²) in [5.41, 5.74) is 0. The minimum atomic E-state index is -0.993. The Morgan fingerprint density at radius 1 is 1.30 bits per heavy atom. The van der Waals surface area contributed by atoms with Crippen molar-refractivity contribution < 1.29 is 14.7 Å². The van der Waals surface area contributed by atoms with Gasteiger partial charge in [0.15, 0.2) is 0 Å². The van der Waals surface area contributed by atoms with Crippen LogP contribution in [0, 0.1) is 5.92 Å². The van der Waals surface area contributed by atoms with Gasteiger partial charge in [0.25, 0.3) is 0 Å². The highest BCUT2D eigenvalue weighted by molar-refractivity contribution is 5.82. The fraction of sp³-hybridized carbons (Fsp3) is 0.857.